The van der Waals surface area contributed by atoms with Crippen molar-refractivity contribution in [2.75, 3.05) is 0 Å². The van der Waals surface area contributed by atoms with Crippen molar-refractivity contribution >= 4 is 11.3 Å². The van der Waals surface area contributed by atoms with Crippen LogP contribution in [0.4, 0.5) is 0 Å². The molecule has 0 fully saturated rings. The van der Waals surface area contributed by atoms with Gasteiger partial charge >= 0.3 is 0 Å². The van der Waals surface area contributed by atoms with E-state index >= 15 is 0 Å². The largest absolute Gasteiger partial charge is 0.352 e. The quantitative estimate of drug-likeness (QED) is 0.749. The third-order valence-corrected chi connectivity index (χ3v) is 2.94. The first-order valence-electron chi connectivity index (χ1n) is 4.82. The molecule has 3 rings (SSSR count). The summed E-state index contributed by atoms with van der Waals surface area (Å²) in [5.74, 6) is 0.963. The number of nitriles is 1. The molecule has 17 heavy (non-hydrogen) atoms. The summed E-state index contributed by atoms with van der Waals surface area (Å²) in [5.41, 5.74) is 2.12. The molecule has 3 aromatic rings. The number of nitrogens with one attached hydrogen (secondary N) is 1. The summed E-state index contributed by atoms with van der Waals surface area (Å²) in [7, 11) is 0. The average molecular weight is 242 g/mol. The number of hydrogen-bond donors (Lipinski definition) is 1. The third kappa shape index (κ3) is 1.73. The Morgan fingerprint density at radius 2 is 2.35 bits per heavy atom. The Hall–Kier alpha value is -2.39. The van der Waals surface area contributed by atoms with Gasteiger partial charge in [0.25, 0.3) is 5.89 Å². The van der Waals surface area contributed by atoms with Gasteiger partial charge in [0.15, 0.2) is 0 Å². The fourth-order valence-electron chi connectivity index (χ4n) is 1.43. The molecule has 0 saturated carbocycles. The first kappa shape index (κ1) is 9.81. The lowest BCUT2D eigenvalue weighted by Crippen LogP contribution is -1.76. The summed E-state index contributed by atoms with van der Waals surface area (Å²) in [6.07, 6.45) is 1.67. The highest BCUT2D eigenvalue weighted by Crippen LogP contribution is 2.23. The van der Waals surface area contributed by atoms with Gasteiger partial charge in [-0.05, 0) is 17.5 Å². The van der Waals surface area contributed by atoms with Crippen LogP contribution in [0.1, 0.15) is 5.69 Å². The minimum absolute atomic E-state index is 0.406. The van der Waals surface area contributed by atoms with Crippen LogP contribution >= 0.6 is 11.3 Å². The van der Waals surface area contributed by atoms with Crippen molar-refractivity contribution in [1.29, 1.82) is 5.26 Å². The summed E-state index contributed by atoms with van der Waals surface area (Å²) >= 11 is 1.58. The first-order valence-corrected chi connectivity index (χ1v) is 5.76. The standard InChI is InChI=1S/C11H6N4OS/c12-4-9-3-8(5-13-9)11-14-10(15-16-11)7-1-2-17-6-7/h1-3,5-6,13H. The van der Waals surface area contributed by atoms with Crippen LogP contribution in [0.25, 0.3) is 22.8 Å². The molecule has 82 valence electrons. The zero-order valence-electron chi connectivity index (χ0n) is 8.54. The van der Waals surface area contributed by atoms with E-state index in [1.807, 2.05) is 22.9 Å². The summed E-state index contributed by atoms with van der Waals surface area (Å²) < 4.78 is 5.15. The number of H-pyrrole nitrogens is 1. The molecule has 0 aliphatic carbocycles. The molecule has 1 N–H and O–H groups in total. The van der Waals surface area contributed by atoms with Crippen molar-refractivity contribution in [2.45, 2.75) is 0 Å². The van der Waals surface area contributed by atoms with Gasteiger partial charge in [0.2, 0.25) is 5.82 Å². The Morgan fingerprint density at radius 1 is 1.41 bits per heavy atom. The van der Waals surface area contributed by atoms with Crippen molar-refractivity contribution < 1.29 is 4.52 Å². The number of nitrogens with zero attached hydrogens (tertiary/aromatic N) is 3. The van der Waals surface area contributed by atoms with Gasteiger partial charge in [-0.25, -0.2) is 0 Å². The fraction of sp³-hybridized carbons (Fsp3) is 0. The van der Waals surface area contributed by atoms with Gasteiger partial charge in [-0.1, -0.05) is 5.16 Å². The lowest BCUT2D eigenvalue weighted by molar-refractivity contribution is 0.432. The van der Waals surface area contributed by atoms with Crippen LogP contribution in [0.15, 0.2) is 33.6 Å². The first-order chi connectivity index (χ1) is 8.36. The molecule has 0 aliphatic heterocycles. The van der Waals surface area contributed by atoms with Gasteiger partial charge in [0.05, 0.1) is 5.56 Å². The summed E-state index contributed by atoms with van der Waals surface area (Å²) in [6, 6.07) is 5.61. The van der Waals surface area contributed by atoms with Crippen LogP contribution in [0.3, 0.4) is 0 Å². The maximum absolute atomic E-state index is 8.71. The van der Waals surface area contributed by atoms with E-state index < -0.39 is 0 Å². The Balaban J connectivity index is 1.98. The number of rotatable bonds is 2. The Bertz CT molecular complexity index is 674. The molecule has 5 nitrogen and oxygen atoms in total. The lowest BCUT2D eigenvalue weighted by Gasteiger charge is -1.83. The minimum Gasteiger partial charge on any atom is -0.352 e. The van der Waals surface area contributed by atoms with Crippen molar-refractivity contribution in [3.8, 4) is 28.9 Å². The Labute approximate surface area is 100 Å². The number of aromatic nitrogens is 3. The van der Waals surface area contributed by atoms with E-state index in [1.54, 1.807) is 23.6 Å². The second-order valence-electron chi connectivity index (χ2n) is 3.35. The van der Waals surface area contributed by atoms with Crippen LogP contribution in [0.2, 0.25) is 0 Å². The summed E-state index contributed by atoms with van der Waals surface area (Å²) in [4.78, 5) is 7.08. The Morgan fingerprint density at radius 3 is 3.06 bits per heavy atom. The molecule has 0 aliphatic rings. The molecule has 0 aromatic carbocycles. The van der Waals surface area contributed by atoms with Crippen molar-refractivity contribution in [3.63, 3.8) is 0 Å². The van der Waals surface area contributed by atoms with Gasteiger partial charge in [0, 0.05) is 17.1 Å². The number of thiophene rings is 1. The van der Waals surface area contributed by atoms with Crippen LogP contribution in [0, 0.1) is 11.3 Å². The Kier molecular flexibility index (Phi) is 2.24. The predicted molar refractivity (Wildman–Crippen MR) is 62.1 cm³/mol. The highest BCUT2D eigenvalue weighted by Gasteiger charge is 2.12. The van der Waals surface area contributed by atoms with Crippen LogP contribution < -0.4 is 0 Å². The number of hydrogen-bond acceptors (Lipinski definition) is 5. The van der Waals surface area contributed by atoms with Gasteiger partial charge in [-0.15, -0.1) is 0 Å². The molecule has 0 amide bonds. The molecule has 0 saturated heterocycles. The van der Waals surface area contributed by atoms with Crippen LogP contribution in [0.5, 0.6) is 0 Å². The van der Waals surface area contributed by atoms with Gasteiger partial charge in [-0.3, -0.25) is 0 Å². The fourth-order valence-corrected chi connectivity index (χ4v) is 2.07. The van der Waals surface area contributed by atoms with E-state index in [-0.39, 0.29) is 0 Å². The van der Waals surface area contributed by atoms with Crippen molar-refractivity contribution in [2.24, 2.45) is 0 Å². The van der Waals surface area contributed by atoms with Crippen LogP contribution in [-0.4, -0.2) is 15.1 Å². The minimum atomic E-state index is 0.406. The van der Waals surface area contributed by atoms with Gasteiger partial charge < -0.3 is 9.51 Å². The molecule has 3 heterocycles. The molecule has 0 radical (unpaired) electrons. The molecule has 3 aromatic heterocycles. The van der Waals surface area contributed by atoms with E-state index in [1.165, 1.54) is 0 Å². The van der Waals surface area contributed by atoms with E-state index in [2.05, 4.69) is 15.1 Å². The maximum Gasteiger partial charge on any atom is 0.259 e. The molecule has 0 atom stereocenters. The molecule has 0 spiro atoms. The SMILES string of the molecule is N#Cc1cc(-c2nc(-c3ccsc3)no2)c[nH]1. The second-order valence-corrected chi connectivity index (χ2v) is 4.13. The van der Waals surface area contributed by atoms with E-state index in [0.29, 0.717) is 17.4 Å². The van der Waals surface area contributed by atoms with Crippen molar-refractivity contribution in [1.82, 2.24) is 15.1 Å². The molecule has 6 heteroatoms. The summed E-state index contributed by atoms with van der Waals surface area (Å²) in [5, 5.41) is 16.5. The monoisotopic (exact) mass is 242 g/mol. The van der Waals surface area contributed by atoms with Gasteiger partial charge in [-0.2, -0.15) is 21.6 Å². The smallest absolute Gasteiger partial charge is 0.259 e. The van der Waals surface area contributed by atoms with Crippen molar-refractivity contribution in [3.05, 3.63) is 34.8 Å². The average Bonchev–Trinajstić information content (AvgIpc) is 3.09. The van der Waals surface area contributed by atoms with Crippen LogP contribution in [-0.2, 0) is 0 Å². The second kappa shape index (κ2) is 3.88. The van der Waals surface area contributed by atoms with E-state index in [0.717, 1.165) is 11.1 Å². The molecule has 0 unspecified atom stereocenters. The third-order valence-electron chi connectivity index (χ3n) is 2.26. The molecule has 0 bridgehead atoms. The summed E-state index contributed by atoms with van der Waals surface area (Å²) in [6.45, 7) is 0. The topological polar surface area (TPSA) is 78.5 Å². The number of aromatic amines is 1. The maximum atomic E-state index is 8.71. The van der Waals surface area contributed by atoms with E-state index in [9.17, 15) is 0 Å². The van der Waals surface area contributed by atoms with Gasteiger partial charge in [0.1, 0.15) is 11.8 Å². The van der Waals surface area contributed by atoms with E-state index in [4.69, 9.17) is 9.78 Å². The normalized spacial score (nSPS) is 10.3. The predicted octanol–water partition coefficient (Wildman–Crippen LogP) is 2.66. The molecular formula is C11H6N4OS. The zero-order valence-corrected chi connectivity index (χ0v) is 9.36. The highest BCUT2D eigenvalue weighted by atomic mass is 32.1. The molecular weight excluding hydrogens is 236 g/mol. The zero-order chi connectivity index (χ0) is 11.7. The lowest BCUT2D eigenvalue weighted by atomic mass is 10.3. The highest BCUT2D eigenvalue weighted by molar-refractivity contribution is 7.08.